The molecule has 2 aromatic rings. The van der Waals surface area contributed by atoms with Gasteiger partial charge in [-0.25, -0.2) is 15.0 Å². The Bertz CT molecular complexity index is 601. The van der Waals surface area contributed by atoms with Gasteiger partial charge in [0.1, 0.15) is 11.2 Å². The molecule has 2 aromatic heterocycles. The highest BCUT2D eigenvalue weighted by Gasteiger charge is 2.15. The maximum Gasteiger partial charge on any atom is 0.262 e. The molecule has 5 nitrogen and oxygen atoms in total. The molecule has 0 aromatic carbocycles. The zero-order valence-electron chi connectivity index (χ0n) is 10.5. The minimum Gasteiger partial charge on any atom is -0.312 e. The molecule has 0 aliphatic carbocycles. The number of H-pyrrole nitrogens is 1. The monoisotopic (exact) mass is 232 g/mol. The van der Waals surface area contributed by atoms with Crippen LogP contribution in [0.2, 0.25) is 0 Å². The highest BCUT2D eigenvalue weighted by molar-refractivity contribution is 5.76. The van der Waals surface area contributed by atoms with Crippen molar-refractivity contribution in [3.05, 3.63) is 28.2 Å². The normalized spacial score (nSPS) is 11.6. The summed E-state index contributed by atoms with van der Waals surface area (Å²) >= 11 is 0. The fourth-order valence-electron chi connectivity index (χ4n) is 1.69. The summed E-state index contributed by atoms with van der Waals surface area (Å²) in [5.41, 5.74) is 1.08. The first-order valence-corrected chi connectivity index (χ1v) is 5.76. The Kier molecular flexibility index (Phi) is 2.92. The third kappa shape index (κ3) is 2.05. The van der Waals surface area contributed by atoms with Gasteiger partial charge in [-0.3, -0.25) is 4.79 Å². The Morgan fingerprint density at radius 3 is 2.41 bits per heavy atom. The first-order valence-electron chi connectivity index (χ1n) is 5.76. The Morgan fingerprint density at radius 1 is 1.12 bits per heavy atom. The van der Waals surface area contributed by atoms with Gasteiger partial charge in [0.15, 0.2) is 5.65 Å². The van der Waals surface area contributed by atoms with E-state index in [4.69, 9.17) is 0 Å². The van der Waals surface area contributed by atoms with Crippen LogP contribution >= 0.6 is 0 Å². The van der Waals surface area contributed by atoms with Gasteiger partial charge in [0.25, 0.3) is 5.56 Å². The van der Waals surface area contributed by atoms with Crippen LogP contribution in [0.25, 0.3) is 11.0 Å². The summed E-state index contributed by atoms with van der Waals surface area (Å²) in [5.74, 6) is 1.13. The summed E-state index contributed by atoms with van der Waals surface area (Å²) in [7, 11) is 0. The molecule has 0 saturated carbocycles. The molecule has 0 atom stereocenters. The van der Waals surface area contributed by atoms with Crippen LogP contribution in [0.3, 0.4) is 0 Å². The lowest BCUT2D eigenvalue weighted by Crippen LogP contribution is -2.14. The number of rotatable bonds is 2. The van der Waals surface area contributed by atoms with Gasteiger partial charge in [0.05, 0.1) is 12.0 Å². The number of hydrogen-bond donors (Lipinski definition) is 1. The number of fused-ring (bicyclic) bond motifs is 1. The van der Waals surface area contributed by atoms with E-state index in [9.17, 15) is 4.79 Å². The summed E-state index contributed by atoms with van der Waals surface area (Å²) < 4.78 is 0. The van der Waals surface area contributed by atoms with Crippen LogP contribution in [-0.4, -0.2) is 19.9 Å². The molecule has 2 rings (SSSR count). The number of aromatic nitrogens is 4. The van der Waals surface area contributed by atoms with Crippen molar-refractivity contribution in [2.24, 2.45) is 0 Å². The van der Waals surface area contributed by atoms with Crippen molar-refractivity contribution in [3.63, 3.8) is 0 Å². The summed E-state index contributed by atoms with van der Waals surface area (Å²) in [6, 6.07) is 0. The topological polar surface area (TPSA) is 71.5 Å². The quantitative estimate of drug-likeness (QED) is 0.859. The molecule has 5 heteroatoms. The highest BCUT2D eigenvalue weighted by Crippen LogP contribution is 2.20. The summed E-state index contributed by atoms with van der Waals surface area (Å²) in [6.45, 7) is 8.08. The lowest BCUT2D eigenvalue weighted by atomic mass is 10.1. The zero-order chi connectivity index (χ0) is 12.6. The second-order valence-corrected chi connectivity index (χ2v) is 4.71. The maximum atomic E-state index is 11.8. The van der Waals surface area contributed by atoms with Crippen molar-refractivity contribution in [2.45, 2.75) is 39.5 Å². The highest BCUT2D eigenvalue weighted by atomic mass is 16.1. The number of hydrogen-bond acceptors (Lipinski definition) is 4. The third-order valence-electron chi connectivity index (χ3n) is 2.61. The molecular weight excluding hydrogens is 216 g/mol. The summed E-state index contributed by atoms with van der Waals surface area (Å²) in [6.07, 6.45) is 1.38. The van der Waals surface area contributed by atoms with Gasteiger partial charge in [0, 0.05) is 5.92 Å². The molecule has 0 radical (unpaired) electrons. The summed E-state index contributed by atoms with van der Waals surface area (Å²) in [4.78, 5) is 27.3. The van der Waals surface area contributed by atoms with E-state index in [2.05, 4.69) is 19.9 Å². The largest absolute Gasteiger partial charge is 0.312 e. The van der Waals surface area contributed by atoms with Gasteiger partial charge in [-0.2, -0.15) is 0 Å². The van der Waals surface area contributed by atoms with E-state index in [0.29, 0.717) is 11.0 Å². The van der Waals surface area contributed by atoms with Crippen molar-refractivity contribution >= 4 is 11.0 Å². The molecule has 90 valence electrons. The van der Waals surface area contributed by atoms with E-state index in [0.717, 1.165) is 11.5 Å². The standard InChI is InChI=1S/C12H16N4O/c1-6(2)9-8-11(13-5-14-12(8)17)16-10(15-9)7(3)4/h5-7H,1-4H3,(H,13,14,15,16,17). The predicted octanol–water partition coefficient (Wildman–Crippen LogP) is 1.96. The van der Waals surface area contributed by atoms with Crippen molar-refractivity contribution in [1.82, 2.24) is 19.9 Å². The van der Waals surface area contributed by atoms with Crippen LogP contribution in [0.15, 0.2) is 11.1 Å². The molecule has 0 saturated heterocycles. The van der Waals surface area contributed by atoms with E-state index < -0.39 is 0 Å². The van der Waals surface area contributed by atoms with Crippen LogP contribution in [0.5, 0.6) is 0 Å². The molecule has 2 heterocycles. The van der Waals surface area contributed by atoms with Crippen molar-refractivity contribution in [2.75, 3.05) is 0 Å². The average Bonchev–Trinajstić information content (AvgIpc) is 2.27. The molecule has 0 aliphatic rings. The minimum atomic E-state index is -0.172. The molecule has 17 heavy (non-hydrogen) atoms. The zero-order valence-corrected chi connectivity index (χ0v) is 10.5. The Hall–Kier alpha value is -1.78. The van der Waals surface area contributed by atoms with Crippen LogP contribution in [0.1, 0.15) is 51.0 Å². The van der Waals surface area contributed by atoms with Crippen LogP contribution < -0.4 is 5.56 Å². The van der Waals surface area contributed by atoms with E-state index in [1.54, 1.807) is 0 Å². The number of nitrogens with zero attached hydrogens (tertiary/aromatic N) is 3. The lowest BCUT2D eigenvalue weighted by Gasteiger charge is -2.11. The van der Waals surface area contributed by atoms with Crippen molar-refractivity contribution < 1.29 is 0 Å². The van der Waals surface area contributed by atoms with E-state index >= 15 is 0 Å². The van der Waals surface area contributed by atoms with Crippen molar-refractivity contribution in [3.8, 4) is 0 Å². The maximum absolute atomic E-state index is 11.8. The van der Waals surface area contributed by atoms with Crippen LogP contribution in [0.4, 0.5) is 0 Å². The lowest BCUT2D eigenvalue weighted by molar-refractivity contribution is 0.739. The molecule has 0 bridgehead atoms. The first-order chi connectivity index (χ1) is 8.00. The van der Waals surface area contributed by atoms with Crippen LogP contribution in [0, 0.1) is 0 Å². The molecule has 0 fully saturated rings. The van der Waals surface area contributed by atoms with Gasteiger partial charge in [-0.1, -0.05) is 27.7 Å². The smallest absolute Gasteiger partial charge is 0.262 e. The van der Waals surface area contributed by atoms with Crippen LogP contribution in [-0.2, 0) is 0 Å². The Labute approximate surface area is 99.3 Å². The molecule has 1 N–H and O–H groups in total. The third-order valence-corrected chi connectivity index (χ3v) is 2.61. The molecule has 0 aliphatic heterocycles. The van der Waals surface area contributed by atoms with Gasteiger partial charge in [0.2, 0.25) is 0 Å². The second kappa shape index (κ2) is 4.24. The Balaban J connectivity index is 2.86. The Morgan fingerprint density at radius 2 is 1.82 bits per heavy atom. The van der Waals surface area contributed by atoms with Gasteiger partial charge >= 0.3 is 0 Å². The fraction of sp³-hybridized carbons (Fsp3) is 0.500. The minimum absolute atomic E-state index is 0.170. The average molecular weight is 232 g/mol. The van der Waals surface area contributed by atoms with Crippen molar-refractivity contribution in [1.29, 1.82) is 0 Å². The van der Waals surface area contributed by atoms with E-state index in [1.165, 1.54) is 6.33 Å². The first kappa shape index (κ1) is 11.7. The van der Waals surface area contributed by atoms with Gasteiger partial charge in [-0.05, 0) is 5.92 Å². The SMILES string of the molecule is CC(C)c1nc(C(C)C)c2c(=O)[nH]cnc2n1. The second-order valence-electron chi connectivity index (χ2n) is 4.71. The van der Waals surface area contributed by atoms with Gasteiger partial charge in [-0.15, -0.1) is 0 Å². The molecule has 0 spiro atoms. The van der Waals surface area contributed by atoms with E-state index in [1.807, 2.05) is 27.7 Å². The number of aromatic amines is 1. The van der Waals surface area contributed by atoms with E-state index in [-0.39, 0.29) is 17.4 Å². The fourth-order valence-corrected chi connectivity index (χ4v) is 1.69. The molecule has 0 unspecified atom stereocenters. The molecule has 0 amide bonds. The summed E-state index contributed by atoms with van der Waals surface area (Å²) in [5, 5.41) is 0.506. The number of nitrogens with one attached hydrogen (secondary N) is 1. The molecular formula is C12H16N4O. The van der Waals surface area contributed by atoms with Gasteiger partial charge < -0.3 is 4.98 Å². The predicted molar refractivity (Wildman–Crippen MR) is 66.1 cm³/mol.